The molecular weight excluding hydrogens is 1580 g/mol. The number of nitrogens with one attached hydrogen (secondary N) is 5. The molecule has 5 N–H and O–H groups in total. The van der Waals surface area contributed by atoms with Crippen LogP contribution in [0.2, 0.25) is 0 Å². The number of amides is 1. The molecule has 0 unspecified atom stereocenters. The van der Waals surface area contributed by atoms with Crippen LogP contribution in [-0.2, 0) is 121 Å². The van der Waals surface area contributed by atoms with Crippen molar-refractivity contribution in [2.24, 2.45) is 5.41 Å². The molecule has 5 aromatic rings. The van der Waals surface area contributed by atoms with E-state index in [0.717, 1.165) is 208 Å². The first-order valence-corrected chi connectivity index (χ1v) is 50.7. The number of nitrogens with zero attached hydrogens (tertiary/aromatic N) is 16. The highest BCUT2D eigenvalue weighted by Gasteiger charge is 2.48. The van der Waals surface area contributed by atoms with Crippen molar-refractivity contribution in [3.63, 3.8) is 0 Å². The molecule has 7 fully saturated rings. The van der Waals surface area contributed by atoms with Gasteiger partial charge in [-0.25, -0.2) is 0 Å². The Morgan fingerprint density at radius 1 is 0.381 bits per heavy atom. The van der Waals surface area contributed by atoms with E-state index in [9.17, 15) is 4.79 Å². The van der Waals surface area contributed by atoms with Crippen LogP contribution < -0.4 is 26.6 Å². The Balaban J connectivity index is 0.000000135. The first kappa shape index (κ1) is 98.5. The quantitative estimate of drug-likeness (QED) is 0.0251. The summed E-state index contributed by atoms with van der Waals surface area (Å²) in [6, 6.07) is 0. The summed E-state index contributed by atoms with van der Waals surface area (Å²) in [5.41, 5.74) is 23.2. The Kier molecular flexibility index (Phi) is 36.0. The predicted molar refractivity (Wildman–Crippen MR) is 508 cm³/mol. The lowest BCUT2D eigenvalue weighted by molar-refractivity contribution is -0.132. The summed E-state index contributed by atoms with van der Waals surface area (Å²) in [4.78, 5) is 26.1. The molecule has 0 bridgehead atoms. The van der Waals surface area contributed by atoms with Gasteiger partial charge in [0.25, 0.3) is 0 Å². The zero-order valence-electron chi connectivity index (χ0n) is 82.4. The molecule has 5 saturated carbocycles. The van der Waals surface area contributed by atoms with Crippen molar-refractivity contribution >= 4 is 5.91 Å². The number of rotatable bonds is 36. The molecule has 26 nitrogen and oxygen atoms in total. The standard InChI is InChI=1S/C21H35N5O.C21H38N4O.C20H36N4O.C19H32N4O.C19H34N4O/c1-22-12-14-24(2)15-17-20(18-5-4-13-26(18)23-17)16-6-9-21(10-7-16)11-8-19(27)25(21)3;1-5-15-26-21(2)10-8-17(9-11-21)20-18(16-24(4)14-12-22-3)23-25-13-6-7-19(20)25;1-5-25-20(2)10-8-16(9-11-20)19-17(15-23(4)14-12-21-3)22-24-13-6-7-18(19)24;1-20-9-11-22(2)12-16-18(17-4-3-10-23(17)21-16)15-5-7-19(8-6-15)13-24-14-19;1-19(24-4)9-7-15(8-10-19)18-16(14-22(3)13-11-20-2)21-23-12-5-6-17(18)23/h16,22H,4-15H2,1-3H3;17,22H,5-16H2,1-4H3;16,21H,5-15H2,1-4H3;15,20H,3-14H2,1-2H3;15,20H,5-14H2,1-4H3. The van der Waals surface area contributed by atoms with Crippen molar-refractivity contribution in [3.8, 4) is 0 Å². The van der Waals surface area contributed by atoms with Gasteiger partial charge < -0.3 is 50.4 Å². The second-order valence-electron chi connectivity index (χ2n) is 41.8. The molecule has 2 spiro atoms. The van der Waals surface area contributed by atoms with E-state index < -0.39 is 0 Å². The van der Waals surface area contributed by atoms with E-state index in [-0.39, 0.29) is 22.3 Å². The summed E-state index contributed by atoms with van der Waals surface area (Å²) >= 11 is 0. The molecule has 12 heterocycles. The highest BCUT2D eigenvalue weighted by molar-refractivity contribution is 5.79. The van der Waals surface area contributed by atoms with Gasteiger partial charge in [0, 0.05) is 232 Å². The third kappa shape index (κ3) is 24.3. The van der Waals surface area contributed by atoms with Crippen LogP contribution in [0.5, 0.6) is 0 Å². The number of likely N-dealkylation sites (N-methyl/N-ethyl adjacent to an activating group) is 10. The maximum Gasteiger partial charge on any atom is 0.222 e. The van der Waals surface area contributed by atoms with Gasteiger partial charge in [-0.3, -0.25) is 52.7 Å². The number of fused-ring (bicyclic) bond motifs is 5. The highest BCUT2D eigenvalue weighted by atomic mass is 16.5. The van der Waals surface area contributed by atoms with Crippen LogP contribution in [0.3, 0.4) is 0 Å². The minimum atomic E-state index is 0.0799. The van der Waals surface area contributed by atoms with Gasteiger partial charge in [0.1, 0.15) is 0 Å². The average Bonchev–Trinajstić information content (AvgIpc) is 1.62. The Morgan fingerprint density at radius 3 is 0.889 bits per heavy atom. The number of methoxy groups -OCH3 is 1. The maximum atomic E-state index is 12.1. The van der Waals surface area contributed by atoms with E-state index in [4.69, 9.17) is 44.4 Å². The van der Waals surface area contributed by atoms with E-state index in [2.05, 4.69) is 149 Å². The van der Waals surface area contributed by atoms with Crippen molar-refractivity contribution in [3.05, 3.63) is 84.8 Å². The van der Waals surface area contributed by atoms with Crippen LogP contribution in [0.1, 0.15) is 329 Å². The molecule has 12 aliphatic rings. The van der Waals surface area contributed by atoms with Gasteiger partial charge in [0.05, 0.1) is 58.5 Å². The fourth-order valence-electron chi connectivity index (χ4n) is 24.1. The van der Waals surface area contributed by atoms with Gasteiger partial charge in [0.2, 0.25) is 5.91 Å². The summed E-state index contributed by atoms with van der Waals surface area (Å²) in [7, 11) is 25.0. The SMILES string of the molecule is CCCOC1(C)CCC(c2c(CN(C)CCNC)nn3c2CCC3)CC1.CCOC1(C)CCC(c2c(CN(C)CCNC)nn3c2CCC3)CC1.CNCCN(C)Cc1nn2c(c1C1CCC(C)(OC)CC1)CCC2.CNCCN(C)Cc1nn2c(c1C1CCC3(CC1)COC3)CCC2.CNCCN(C)Cc1nn2c(c1C1CCC3(CCC(=O)N3C)CC1)CCC2. The molecule has 0 atom stereocenters. The molecule has 0 aromatic carbocycles. The summed E-state index contributed by atoms with van der Waals surface area (Å²) in [6.45, 7) is 35.7. The fraction of sp³-hybridized carbons (Fsp3) is 0.840. The largest absolute Gasteiger partial charge is 0.380 e. The normalized spacial score (nSPS) is 25.3. The molecular formula is C100H175N21O5. The molecule has 126 heavy (non-hydrogen) atoms. The van der Waals surface area contributed by atoms with Crippen LogP contribution in [-0.4, -0.2) is 283 Å². The van der Waals surface area contributed by atoms with Crippen LogP contribution >= 0.6 is 0 Å². The highest BCUT2D eigenvalue weighted by Crippen LogP contribution is 2.52. The van der Waals surface area contributed by atoms with E-state index in [1.54, 1.807) is 33.5 Å². The molecule has 710 valence electrons. The van der Waals surface area contributed by atoms with Crippen molar-refractivity contribution in [2.45, 2.75) is 364 Å². The first-order valence-electron chi connectivity index (χ1n) is 50.7. The molecule has 26 heteroatoms. The number of hydrogen-bond acceptors (Lipinski definition) is 20. The van der Waals surface area contributed by atoms with Crippen LogP contribution in [0.4, 0.5) is 0 Å². The number of aryl methyl sites for hydroxylation is 5. The number of carbonyl (C=O) groups excluding carboxylic acids is 1. The Hall–Kier alpha value is -5.04. The van der Waals surface area contributed by atoms with Gasteiger partial charge in [-0.1, -0.05) is 6.92 Å². The zero-order valence-corrected chi connectivity index (χ0v) is 82.4. The molecule has 2 saturated heterocycles. The van der Waals surface area contributed by atoms with Crippen molar-refractivity contribution in [1.82, 2.24) is 105 Å². The second kappa shape index (κ2) is 46.1. The molecule has 5 aliphatic carbocycles. The van der Waals surface area contributed by atoms with Gasteiger partial charge in [0.15, 0.2) is 0 Å². The second-order valence-corrected chi connectivity index (χ2v) is 41.8. The van der Waals surface area contributed by atoms with Crippen molar-refractivity contribution < 1.29 is 23.7 Å². The predicted octanol–water partition coefficient (Wildman–Crippen LogP) is 13.1. The summed E-state index contributed by atoms with van der Waals surface area (Å²) in [5.74, 6) is 3.69. The van der Waals surface area contributed by atoms with E-state index >= 15 is 0 Å². The number of likely N-dealkylation sites (tertiary alicyclic amines) is 1. The van der Waals surface area contributed by atoms with Gasteiger partial charge in [-0.2, -0.15) is 25.5 Å². The molecule has 7 aliphatic heterocycles. The minimum Gasteiger partial charge on any atom is -0.380 e. The molecule has 17 rings (SSSR count). The maximum absolute atomic E-state index is 12.1. The fourth-order valence-corrected chi connectivity index (χ4v) is 24.1. The molecule has 1 amide bonds. The van der Waals surface area contributed by atoms with Gasteiger partial charge in [-0.05, 0) is 333 Å². The Morgan fingerprint density at radius 2 is 0.651 bits per heavy atom. The topological polar surface area (TPSA) is 223 Å². The average molecular weight is 1750 g/mol. The minimum absolute atomic E-state index is 0.0799. The zero-order chi connectivity index (χ0) is 89.2. The van der Waals surface area contributed by atoms with Gasteiger partial charge >= 0.3 is 0 Å². The number of ether oxygens (including phenoxy) is 4. The van der Waals surface area contributed by atoms with Crippen LogP contribution in [0.15, 0.2) is 0 Å². The van der Waals surface area contributed by atoms with Crippen molar-refractivity contribution in [1.29, 1.82) is 0 Å². The number of hydrogen-bond donors (Lipinski definition) is 5. The van der Waals surface area contributed by atoms with Crippen molar-refractivity contribution in [2.75, 3.05) is 177 Å². The van der Waals surface area contributed by atoms with E-state index in [1.807, 2.05) is 49.4 Å². The van der Waals surface area contributed by atoms with Crippen LogP contribution in [0.25, 0.3) is 0 Å². The lowest BCUT2D eigenvalue weighted by Gasteiger charge is -2.46. The lowest BCUT2D eigenvalue weighted by atomic mass is 9.67. The van der Waals surface area contributed by atoms with Crippen LogP contribution in [0, 0.1) is 5.41 Å². The summed E-state index contributed by atoms with van der Waals surface area (Å²) < 4.78 is 34.9. The first-order chi connectivity index (χ1) is 60.9. The smallest absolute Gasteiger partial charge is 0.222 e. The van der Waals surface area contributed by atoms with Gasteiger partial charge in [-0.15, -0.1) is 0 Å². The number of aromatic nitrogens is 10. The summed E-state index contributed by atoms with van der Waals surface area (Å²) in [6.07, 6.45) is 39.7. The Bertz CT molecular complexity index is 4050. The third-order valence-corrected chi connectivity index (χ3v) is 32.1. The summed E-state index contributed by atoms with van der Waals surface area (Å²) in [5, 5.41) is 41.3. The molecule has 0 radical (unpaired) electrons. The third-order valence-electron chi connectivity index (χ3n) is 32.1. The molecule has 5 aromatic heterocycles. The Labute approximate surface area is 761 Å². The lowest BCUT2D eigenvalue weighted by Crippen LogP contribution is -2.45. The van der Waals surface area contributed by atoms with E-state index in [0.29, 0.717) is 35.0 Å². The number of carbonyl (C=O) groups is 1. The monoisotopic (exact) mass is 1750 g/mol. The van der Waals surface area contributed by atoms with E-state index in [1.165, 1.54) is 218 Å².